The molecular weight excluding hydrogens is 597 g/mol. The molecule has 236 valence electrons. The number of hydrogen-bond donors (Lipinski definition) is 0. The molecule has 47 heavy (non-hydrogen) atoms. The molecule has 6 aromatic carbocycles. The molecule has 0 saturated heterocycles. The zero-order valence-electron chi connectivity index (χ0n) is 27.6. The molecule has 0 amide bonds. The van der Waals surface area contributed by atoms with Gasteiger partial charge in [0.15, 0.2) is 0 Å². The van der Waals surface area contributed by atoms with Crippen LogP contribution in [0.5, 0.6) is 0 Å². The van der Waals surface area contributed by atoms with Crippen molar-refractivity contribution in [2.75, 3.05) is 31.1 Å². The number of nitrogens with zero attached hydrogens (tertiary/aromatic N) is 2. The number of para-hydroxylation sites is 1. The summed E-state index contributed by atoms with van der Waals surface area (Å²) in [6.07, 6.45) is 0. The third-order valence-corrected chi connectivity index (χ3v) is 11.1. The number of aryl methyl sites for hydroxylation is 2. The lowest BCUT2D eigenvalue weighted by molar-refractivity contribution is 0.140. The van der Waals surface area contributed by atoms with Crippen molar-refractivity contribution in [3.63, 3.8) is 0 Å². The molecule has 0 radical (unpaired) electrons. The van der Waals surface area contributed by atoms with Gasteiger partial charge in [0, 0.05) is 60.6 Å². The molecule has 0 heterocycles. The second-order valence-electron chi connectivity index (χ2n) is 11.5. The second-order valence-corrected chi connectivity index (χ2v) is 14.4. The topological polar surface area (TPSA) is 34.2 Å². The van der Waals surface area contributed by atoms with Gasteiger partial charge in [0.2, 0.25) is 0 Å². The summed E-state index contributed by atoms with van der Waals surface area (Å²) in [5.74, 6) is 0. The van der Waals surface area contributed by atoms with Crippen molar-refractivity contribution in [1.82, 2.24) is 0 Å². The van der Waals surface area contributed by atoms with Crippen LogP contribution < -0.4 is 15.0 Å². The normalized spacial score (nSPS) is 11.3. The Bertz CT molecular complexity index is 1860. The van der Waals surface area contributed by atoms with E-state index >= 15 is 0 Å². The lowest BCUT2D eigenvalue weighted by Gasteiger charge is -2.28. The average Bonchev–Trinajstić information content (AvgIpc) is 3.13. The van der Waals surface area contributed by atoms with Crippen molar-refractivity contribution in [2.45, 2.75) is 13.8 Å². The van der Waals surface area contributed by atoms with Crippen LogP contribution in [0.4, 0.5) is 34.1 Å². The predicted octanol–water partition coefficient (Wildman–Crippen LogP) is 10.00. The standard InChI is InChI=1S/C41H40N2O3Si/c1-31-11-19-36(20-12-31)42(35-9-7-6-8-10-35)38-23-15-33(16-24-38)34-17-25-39(26-18-34)43(37-21-13-32(2)14-22-37)40-27-29-41(30-28-40)47(44-3,45-4)46-5/h6-30H,1-5H3. The van der Waals surface area contributed by atoms with Gasteiger partial charge in [-0.2, -0.15) is 0 Å². The summed E-state index contributed by atoms with van der Waals surface area (Å²) in [5, 5.41) is 0.907. The highest BCUT2D eigenvalue weighted by molar-refractivity contribution is 6.75. The summed E-state index contributed by atoms with van der Waals surface area (Å²) in [6.45, 7) is 4.22. The van der Waals surface area contributed by atoms with E-state index in [0.717, 1.165) is 50.4 Å². The van der Waals surface area contributed by atoms with Gasteiger partial charge in [0.05, 0.1) is 0 Å². The van der Waals surface area contributed by atoms with Gasteiger partial charge >= 0.3 is 8.80 Å². The summed E-state index contributed by atoms with van der Waals surface area (Å²) in [4.78, 5) is 4.54. The van der Waals surface area contributed by atoms with E-state index in [-0.39, 0.29) is 0 Å². The lowest BCUT2D eigenvalue weighted by atomic mass is 10.0. The molecule has 6 aromatic rings. The summed E-state index contributed by atoms with van der Waals surface area (Å²) >= 11 is 0. The van der Waals surface area contributed by atoms with Gasteiger partial charge in [-0.1, -0.05) is 90.0 Å². The van der Waals surface area contributed by atoms with Crippen LogP contribution in [0.1, 0.15) is 11.1 Å². The molecule has 0 spiro atoms. The van der Waals surface area contributed by atoms with Crippen molar-refractivity contribution in [1.29, 1.82) is 0 Å². The number of benzene rings is 6. The van der Waals surface area contributed by atoms with Gasteiger partial charge in [0.25, 0.3) is 0 Å². The van der Waals surface area contributed by atoms with Gasteiger partial charge in [0.1, 0.15) is 0 Å². The third kappa shape index (κ3) is 6.77. The van der Waals surface area contributed by atoms with Crippen molar-refractivity contribution in [3.8, 4) is 11.1 Å². The first kappa shape index (κ1) is 32.0. The first-order chi connectivity index (χ1) is 22.9. The molecule has 6 rings (SSSR count). The maximum atomic E-state index is 5.71. The van der Waals surface area contributed by atoms with Crippen LogP contribution in [0.3, 0.4) is 0 Å². The minimum absolute atomic E-state index is 0.907. The maximum Gasteiger partial charge on any atom is 0.536 e. The van der Waals surface area contributed by atoms with Crippen LogP contribution >= 0.6 is 0 Å². The minimum atomic E-state index is -2.94. The molecule has 0 aliphatic heterocycles. The van der Waals surface area contributed by atoms with Crippen molar-refractivity contribution in [3.05, 3.63) is 163 Å². The summed E-state index contributed by atoms with van der Waals surface area (Å²) in [6, 6.07) is 53.5. The molecule has 0 unspecified atom stereocenters. The monoisotopic (exact) mass is 636 g/mol. The Morgan fingerprint density at radius 3 is 1.00 bits per heavy atom. The van der Waals surface area contributed by atoms with Crippen molar-refractivity contribution < 1.29 is 13.3 Å². The summed E-state index contributed by atoms with van der Waals surface area (Å²) in [7, 11) is 1.95. The van der Waals surface area contributed by atoms with E-state index in [0.29, 0.717) is 0 Å². The number of anilines is 6. The van der Waals surface area contributed by atoms with Crippen LogP contribution in [-0.4, -0.2) is 30.1 Å². The number of hydrogen-bond acceptors (Lipinski definition) is 5. The van der Waals surface area contributed by atoms with E-state index in [2.05, 4.69) is 163 Å². The van der Waals surface area contributed by atoms with Gasteiger partial charge in [-0.3, -0.25) is 0 Å². The van der Waals surface area contributed by atoms with E-state index in [1.54, 1.807) is 21.3 Å². The van der Waals surface area contributed by atoms with Gasteiger partial charge in [-0.15, -0.1) is 0 Å². The van der Waals surface area contributed by atoms with E-state index in [9.17, 15) is 0 Å². The minimum Gasteiger partial charge on any atom is -0.373 e. The Morgan fingerprint density at radius 1 is 0.362 bits per heavy atom. The Balaban J connectivity index is 1.31. The third-order valence-electron chi connectivity index (χ3n) is 8.47. The second kappa shape index (κ2) is 14.2. The highest BCUT2D eigenvalue weighted by Crippen LogP contribution is 2.38. The van der Waals surface area contributed by atoms with Crippen LogP contribution in [0.2, 0.25) is 0 Å². The molecule has 0 aromatic heterocycles. The fourth-order valence-electron chi connectivity index (χ4n) is 5.88. The van der Waals surface area contributed by atoms with Crippen LogP contribution in [0.15, 0.2) is 152 Å². The summed E-state index contributed by atoms with van der Waals surface area (Å²) in [5.41, 5.74) is 11.3. The smallest absolute Gasteiger partial charge is 0.373 e. The van der Waals surface area contributed by atoms with Crippen LogP contribution in [0.25, 0.3) is 11.1 Å². The molecule has 0 N–H and O–H groups in total. The van der Waals surface area contributed by atoms with Gasteiger partial charge in [-0.05, 0) is 97.8 Å². The zero-order chi connectivity index (χ0) is 32.8. The maximum absolute atomic E-state index is 5.71. The van der Waals surface area contributed by atoms with Crippen LogP contribution in [-0.2, 0) is 13.3 Å². The molecule has 0 saturated carbocycles. The summed E-state index contributed by atoms with van der Waals surface area (Å²) < 4.78 is 17.1. The first-order valence-electron chi connectivity index (χ1n) is 15.7. The van der Waals surface area contributed by atoms with Gasteiger partial charge in [-0.25, -0.2) is 0 Å². The van der Waals surface area contributed by atoms with Crippen molar-refractivity contribution in [2.24, 2.45) is 0 Å². The predicted molar refractivity (Wildman–Crippen MR) is 197 cm³/mol. The Morgan fingerprint density at radius 2 is 0.660 bits per heavy atom. The highest BCUT2D eigenvalue weighted by atomic mass is 28.4. The molecule has 0 aliphatic carbocycles. The van der Waals surface area contributed by atoms with E-state index < -0.39 is 8.80 Å². The lowest BCUT2D eigenvalue weighted by Crippen LogP contribution is -2.54. The molecule has 0 atom stereocenters. The van der Waals surface area contributed by atoms with Crippen LogP contribution in [0, 0.1) is 13.8 Å². The zero-order valence-corrected chi connectivity index (χ0v) is 28.6. The SMILES string of the molecule is CO[Si](OC)(OC)c1ccc(N(c2ccc(C)cc2)c2ccc(-c3ccc(N(c4ccccc4)c4ccc(C)cc4)cc3)cc2)cc1. The van der Waals surface area contributed by atoms with E-state index in [4.69, 9.17) is 13.3 Å². The molecule has 0 bridgehead atoms. The molecular formula is C41H40N2O3Si. The molecule has 0 fully saturated rings. The van der Waals surface area contributed by atoms with Gasteiger partial charge < -0.3 is 23.1 Å². The highest BCUT2D eigenvalue weighted by Gasteiger charge is 2.40. The average molecular weight is 637 g/mol. The fourth-order valence-corrected chi connectivity index (χ4v) is 7.67. The largest absolute Gasteiger partial charge is 0.536 e. The molecule has 6 heteroatoms. The Labute approximate surface area is 279 Å². The number of rotatable bonds is 11. The van der Waals surface area contributed by atoms with Crippen molar-refractivity contribution >= 4 is 48.1 Å². The Hall–Kier alpha value is -4.98. The quantitative estimate of drug-likeness (QED) is 0.132. The van der Waals surface area contributed by atoms with E-state index in [1.807, 2.05) is 12.1 Å². The molecule has 5 nitrogen and oxygen atoms in total. The molecule has 0 aliphatic rings. The Kier molecular flexibility index (Phi) is 9.66. The fraction of sp³-hybridized carbons (Fsp3) is 0.122. The van der Waals surface area contributed by atoms with E-state index in [1.165, 1.54) is 11.1 Å². The first-order valence-corrected chi connectivity index (χ1v) is 17.4.